The number of hydrogen-bond acceptors (Lipinski definition) is 1. The van der Waals surface area contributed by atoms with Crippen LogP contribution in [0.4, 0.5) is 4.39 Å². The standard InChI is InChI=1S/C13H24FN/c1-10-3-4-12(9-11(10)2)13(14)5-7-15-8-6-13/h10-12,15H,3-9H2,1-2H3. The van der Waals surface area contributed by atoms with Gasteiger partial charge in [0.25, 0.3) is 0 Å². The van der Waals surface area contributed by atoms with Crippen molar-refractivity contribution in [2.45, 2.75) is 51.6 Å². The third kappa shape index (κ3) is 2.35. The van der Waals surface area contributed by atoms with E-state index in [-0.39, 0.29) is 0 Å². The van der Waals surface area contributed by atoms with Crippen molar-refractivity contribution in [3.05, 3.63) is 0 Å². The first kappa shape index (κ1) is 11.4. The SMILES string of the molecule is CC1CCC(C2(F)CCNCC2)CC1C. The van der Waals surface area contributed by atoms with Crippen molar-refractivity contribution in [2.75, 3.05) is 13.1 Å². The molecule has 0 aromatic carbocycles. The summed E-state index contributed by atoms with van der Waals surface area (Å²) in [5.41, 5.74) is -0.848. The molecule has 1 aliphatic carbocycles. The van der Waals surface area contributed by atoms with Gasteiger partial charge < -0.3 is 5.32 Å². The number of nitrogens with one attached hydrogen (secondary N) is 1. The summed E-state index contributed by atoms with van der Waals surface area (Å²) in [6.45, 7) is 6.35. The first-order chi connectivity index (χ1) is 7.12. The van der Waals surface area contributed by atoms with Gasteiger partial charge >= 0.3 is 0 Å². The lowest BCUT2D eigenvalue weighted by atomic mass is 9.68. The van der Waals surface area contributed by atoms with Crippen LogP contribution in [-0.2, 0) is 0 Å². The molecular weight excluding hydrogens is 189 g/mol. The molecule has 1 nitrogen and oxygen atoms in total. The molecule has 15 heavy (non-hydrogen) atoms. The Kier molecular flexibility index (Phi) is 3.34. The molecule has 0 spiro atoms. The molecule has 1 aliphatic heterocycles. The van der Waals surface area contributed by atoms with Crippen LogP contribution in [0.25, 0.3) is 0 Å². The van der Waals surface area contributed by atoms with Crippen LogP contribution in [0.1, 0.15) is 46.0 Å². The maximum absolute atomic E-state index is 14.7. The van der Waals surface area contributed by atoms with Gasteiger partial charge in [0.15, 0.2) is 0 Å². The van der Waals surface area contributed by atoms with Crippen LogP contribution >= 0.6 is 0 Å². The minimum absolute atomic E-state index is 0.339. The van der Waals surface area contributed by atoms with Gasteiger partial charge in [-0.15, -0.1) is 0 Å². The average Bonchev–Trinajstić information content (AvgIpc) is 2.23. The van der Waals surface area contributed by atoms with Crippen LogP contribution in [0.15, 0.2) is 0 Å². The smallest absolute Gasteiger partial charge is 0.116 e. The van der Waals surface area contributed by atoms with Crippen molar-refractivity contribution >= 4 is 0 Å². The molecule has 3 atom stereocenters. The lowest BCUT2D eigenvalue weighted by Gasteiger charge is -2.42. The Labute approximate surface area is 92.8 Å². The Morgan fingerprint density at radius 2 is 1.73 bits per heavy atom. The zero-order valence-electron chi connectivity index (χ0n) is 10.1. The summed E-state index contributed by atoms with van der Waals surface area (Å²) >= 11 is 0. The van der Waals surface area contributed by atoms with E-state index in [1.54, 1.807) is 0 Å². The highest BCUT2D eigenvalue weighted by Gasteiger charge is 2.42. The molecule has 1 saturated heterocycles. The van der Waals surface area contributed by atoms with Gasteiger partial charge in [0.05, 0.1) is 0 Å². The summed E-state index contributed by atoms with van der Waals surface area (Å²) in [6, 6.07) is 0. The molecule has 2 rings (SSSR count). The fourth-order valence-electron chi connectivity index (χ4n) is 3.27. The van der Waals surface area contributed by atoms with Crippen molar-refractivity contribution in [3.63, 3.8) is 0 Å². The zero-order chi connectivity index (χ0) is 10.9. The Balaban J connectivity index is 1.97. The Bertz CT molecular complexity index is 211. The molecule has 0 bridgehead atoms. The first-order valence-electron chi connectivity index (χ1n) is 6.51. The molecular formula is C13H24FN. The molecule has 0 aromatic heterocycles. The molecule has 2 heteroatoms. The largest absolute Gasteiger partial charge is 0.316 e. The summed E-state index contributed by atoms with van der Waals surface area (Å²) in [4.78, 5) is 0. The van der Waals surface area contributed by atoms with E-state index in [1.807, 2.05) is 0 Å². The molecule has 3 unspecified atom stereocenters. The molecule has 1 saturated carbocycles. The highest BCUT2D eigenvalue weighted by molar-refractivity contribution is 4.94. The molecule has 2 fully saturated rings. The highest BCUT2D eigenvalue weighted by Crippen LogP contribution is 2.44. The normalized spacial score (nSPS) is 41.4. The van der Waals surface area contributed by atoms with Gasteiger partial charge in [0, 0.05) is 0 Å². The van der Waals surface area contributed by atoms with Gasteiger partial charge in [-0.2, -0.15) is 0 Å². The van der Waals surface area contributed by atoms with Crippen molar-refractivity contribution < 1.29 is 4.39 Å². The van der Waals surface area contributed by atoms with Crippen LogP contribution in [0.5, 0.6) is 0 Å². The van der Waals surface area contributed by atoms with E-state index in [2.05, 4.69) is 19.2 Å². The van der Waals surface area contributed by atoms with Crippen molar-refractivity contribution in [1.82, 2.24) is 5.32 Å². The van der Waals surface area contributed by atoms with Gasteiger partial charge in [0.2, 0.25) is 0 Å². The fraction of sp³-hybridized carbons (Fsp3) is 1.00. The van der Waals surface area contributed by atoms with Crippen LogP contribution in [0.3, 0.4) is 0 Å². The van der Waals surface area contributed by atoms with E-state index < -0.39 is 5.67 Å². The lowest BCUT2D eigenvalue weighted by Crippen LogP contribution is -2.46. The van der Waals surface area contributed by atoms with E-state index >= 15 is 0 Å². The number of piperidine rings is 1. The van der Waals surface area contributed by atoms with Crippen molar-refractivity contribution in [1.29, 1.82) is 0 Å². The minimum Gasteiger partial charge on any atom is -0.316 e. The first-order valence-corrected chi connectivity index (χ1v) is 6.51. The van der Waals surface area contributed by atoms with Crippen molar-refractivity contribution in [2.24, 2.45) is 17.8 Å². The third-order valence-electron chi connectivity index (χ3n) is 4.76. The Hall–Kier alpha value is -0.110. The quantitative estimate of drug-likeness (QED) is 0.705. The van der Waals surface area contributed by atoms with E-state index in [4.69, 9.17) is 0 Å². The molecule has 1 heterocycles. The summed E-state index contributed by atoms with van der Waals surface area (Å²) in [7, 11) is 0. The average molecular weight is 213 g/mol. The summed E-state index contributed by atoms with van der Waals surface area (Å²) in [5.74, 6) is 1.85. The Morgan fingerprint density at radius 1 is 1.07 bits per heavy atom. The van der Waals surface area contributed by atoms with Crippen molar-refractivity contribution in [3.8, 4) is 0 Å². The maximum atomic E-state index is 14.7. The van der Waals surface area contributed by atoms with Crippen LogP contribution < -0.4 is 5.32 Å². The number of halogens is 1. The second-order valence-corrected chi connectivity index (χ2v) is 5.75. The van der Waals surface area contributed by atoms with Crippen LogP contribution in [0, 0.1) is 17.8 Å². The summed E-state index contributed by atoms with van der Waals surface area (Å²) < 4.78 is 14.7. The molecule has 0 amide bonds. The van der Waals surface area contributed by atoms with Gasteiger partial charge in [-0.3, -0.25) is 0 Å². The molecule has 0 aromatic rings. The molecule has 1 N–H and O–H groups in total. The monoisotopic (exact) mass is 213 g/mol. The van der Waals surface area contributed by atoms with Crippen LogP contribution in [-0.4, -0.2) is 18.8 Å². The second-order valence-electron chi connectivity index (χ2n) is 5.75. The van der Waals surface area contributed by atoms with Crippen LogP contribution in [0.2, 0.25) is 0 Å². The number of hydrogen-bond donors (Lipinski definition) is 1. The van der Waals surface area contributed by atoms with E-state index in [1.165, 1.54) is 6.42 Å². The minimum atomic E-state index is -0.848. The van der Waals surface area contributed by atoms with E-state index in [0.29, 0.717) is 11.8 Å². The topological polar surface area (TPSA) is 12.0 Å². The predicted octanol–water partition coefficient (Wildman–Crippen LogP) is 3.15. The van der Waals surface area contributed by atoms with Gasteiger partial charge in [-0.05, 0) is 56.5 Å². The Morgan fingerprint density at radius 3 is 2.33 bits per heavy atom. The molecule has 0 radical (unpaired) electrons. The van der Waals surface area contributed by atoms with Gasteiger partial charge in [0.1, 0.15) is 5.67 Å². The summed E-state index contributed by atoms with van der Waals surface area (Å²) in [6.07, 6.45) is 4.92. The molecule has 2 aliphatic rings. The highest BCUT2D eigenvalue weighted by atomic mass is 19.1. The number of rotatable bonds is 1. The number of alkyl halides is 1. The zero-order valence-corrected chi connectivity index (χ0v) is 10.1. The molecule has 88 valence electrons. The predicted molar refractivity (Wildman–Crippen MR) is 61.6 cm³/mol. The van der Waals surface area contributed by atoms with Gasteiger partial charge in [-0.1, -0.05) is 20.3 Å². The maximum Gasteiger partial charge on any atom is 0.116 e. The third-order valence-corrected chi connectivity index (χ3v) is 4.76. The second kappa shape index (κ2) is 4.40. The van der Waals surface area contributed by atoms with Gasteiger partial charge in [-0.25, -0.2) is 4.39 Å². The fourth-order valence-corrected chi connectivity index (χ4v) is 3.27. The van der Waals surface area contributed by atoms with E-state index in [9.17, 15) is 4.39 Å². The summed E-state index contributed by atoms with van der Waals surface area (Å²) in [5, 5.41) is 3.26. The lowest BCUT2D eigenvalue weighted by molar-refractivity contribution is 0.00475. The van der Waals surface area contributed by atoms with E-state index in [0.717, 1.165) is 44.7 Å².